The normalized spacial score (nSPS) is 12.8. The zero-order chi connectivity index (χ0) is 22.7. The van der Waals surface area contributed by atoms with Crippen LogP contribution in [0.15, 0.2) is 65.7 Å². The third kappa shape index (κ3) is 7.02. The van der Waals surface area contributed by atoms with Crippen molar-refractivity contribution < 1.29 is 9.47 Å². The van der Waals surface area contributed by atoms with E-state index in [0.717, 1.165) is 61.0 Å². The highest BCUT2D eigenvalue weighted by molar-refractivity contribution is 5.94. The monoisotopic (exact) mass is 445 g/mol. The lowest BCUT2D eigenvalue weighted by Crippen LogP contribution is -2.26. The smallest absolute Gasteiger partial charge is 0.317 e. The molecule has 0 atom stereocenters. The van der Waals surface area contributed by atoms with Crippen molar-refractivity contribution in [3.8, 4) is 17.3 Å². The molecule has 0 bridgehead atoms. The number of hydrogen-bond donors (Lipinski definition) is 2. The van der Waals surface area contributed by atoms with Crippen LogP contribution in [0, 0.1) is 0 Å². The Morgan fingerprint density at radius 3 is 2.58 bits per heavy atom. The summed E-state index contributed by atoms with van der Waals surface area (Å²) in [6.45, 7) is 5.26. The molecule has 3 aromatic rings. The maximum absolute atomic E-state index is 5.80. The molecule has 7 nitrogen and oxygen atoms in total. The van der Waals surface area contributed by atoms with Crippen molar-refractivity contribution in [2.45, 2.75) is 26.2 Å². The van der Waals surface area contributed by atoms with E-state index < -0.39 is 0 Å². The molecule has 0 fully saturated rings. The molecular formula is C26H31N5O2. The fourth-order valence-corrected chi connectivity index (χ4v) is 3.61. The molecule has 0 aliphatic carbocycles. The predicted molar refractivity (Wildman–Crippen MR) is 132 cm³/mol. The van der Waals surface area contributed by atoms with E-state index in [0.29, 0.717) is 25.8 Å². The first-order chi connectivity index (χ1) is 16.3. The summed E-state index contributed by atoms with van der Waals surface area (Å²) in [7, 11) is 0. The molecule has 172 valence electrons. The number of aliphatic imine (C=N–C) groups is 1. The van der Waals surface area contributed by atoms with Crippen molar-refractivity contribution in [1.29, 1.82) is 0 Å². The third-order valence-electron chi connectivity index (χ3n) is 5.28. The number of aryl methyl sites for hydroxylation is 2. The van der Waals surface area contributed by atoms with Gasteiger partial charge < -0.3 is 20.1 Å². The summed E-state index contributed by atoms with van der Waals surface area (Å²) in [5.74, 6) is 0.815. The Morgan fingerprint density at radius 1 is 0.970 bits per heavy atom. The number of ether oxygens (including phenoxy) is 2. The summed E-state index contributed by atoms with van der Waals surface area (Å²) in [6.07, 6.45) is 2.88. The van der Waals surface area contributed by atoms with Gasteiger partial charge in [-0.1, -0.05) is 42.5 Å². The number of rotatable bonds is 11. The van der Waals surface area contributed by atoms with Crippen molar-refractivity contribution >= 4 is 11.6 Å². The predicted octanol–water partition coefficient (Wildman–Crippen LogP) is 4.11. The van der Waals surface area contributed by atoms with Crippen LogP contribution in [0.2, 0.25) is 0 Å². The summed E-state index contributed by atoms with van der Waals surface area (Å²) in [4.78, 5) is 13.7. The number of nitrogens with zero attached hydrogens (tertiary/aromatic N) is 3. The van der Waals surface area contributed by atoms with Gasteiger partial charge in [-0.05, 0) is 49.9 Å². The van der Waals surface area contributed by atoms with Gasteiger partial charge in [0.05, 0.1) is 18.8 Å². The standard InChI is InChI=1S/C26H31N5O2/c1-2-32-17-18-33-26-30-23(10-6-9-20-7-4-3-5-8-20)19-24(31-26)21-11-13-22(14-12-21)29-25-27-15-16-28-25/h3-5,7-8,11-14,19H,2,6,9-10,15-18H2,1H3,(H2,27,28,29). The molecule has 33 heavy (non-hydrogen) atoms. The summed E-state index contributed by atoms with van der Waals surface area (Å²) >= 11 is 0. The van der Waals surface area contributed by atoms with Gasteiger partial charge >= 0.3 is 6.01 Å². The minimum atomic E-state index is 0.397. The van der Waals surface area contributed by atoms with E-state index in [1.54, 1.807) is 0 Å². The van der Waals surface area contributed by atoms with Gasteiger partial charge in [0.25, 0.3) is 0 Å². The molecule has 0 radical (unpaired) electrons. The highest BCUT2D eigenvalue weighted by Gasteiger charge is 2.10. The number of hydrogen-bond acceptors (Lipinski definition) is 7. The average molecular weight is 446 g/mol. The first-order valence-corrected chi connectivity index (χ1v) is 11.6. The molecule has 7 heteroatoms. The Hall–Kier alpha value is -3.45. The number of benzene rings is 2. The summed E-state index contributed by atoms with van der Waals surface area (Å²) in [5.41, 5.74) is 5.17. The maximum atomic E-state index is 5.80. The van der Waals surface area contributed by atoms with Crippen LogP contribution in [0.3, 0.4) is 0 Å². The molecule has 2 aromatic carbocycles. The number of anilines is 1. The summed E-state index contributed by atoms with van der Waals surface area (Å²) in [6, 6.07) is 21.2. The Bertz CT molecular complexity index is 1040. The second kappa shape index (κ2) is 12.0. The molecule has 0 amide bonds. The van der Waals surface area contributed by atoms with Crippen molar-refractivity contribution in [2.75, 3.05) is 38.2 Å². The van der Waals surface area contributed by atoms with E-state index in [9.17, 15) is 0 Å². The van der Waals surface area contributed by atoms with E-state index >= 15 is 0 Å². The Kier molecular flexibility index (Phi) is 8.25. The largest absolute Gasteiger partial charge is 0.461 e. The Balaban J connectivity index is 1.46. The van der Waals surface area contributed by atoms with Gasteiger partial charge in [-0.3, -0.25) is 4.99 Å². The van der Waals surface area contributed by atoms with Crippen molar-refractivity contribution in [2.24, 2.45) is 4.99 Å². The molecule has 1 aliphatic rings. The summed E-state index contributed by atoms with van der Waals surface area (Å²) in [5, 5.41) is 6.51. The number of nitrogens with one attached hydrogen (secondary N) is 2. The fraction of sp³-hybridized carbons (Fsp3) is 0.346. The molecule has 0 unspecified atom stereocenters. The quantitative estimate of drug-likeness (QED) is 0.433. The molecule has 2 heterocycles. The molecule has 1 aromatic heterocycles. The van der Waals surface area contributed by atoms with Crippen LogP contribution in [0.4, 0.5) is 5.69 Å². The van der Waals surface area contributed by atoms with Crippen LogP contribution in [0.25, 0.3) is 11.3 Å². The first kappa shape index (κ1) is 22.7. The molecule has 1 aliphatic heterocycles. The first-order valence-electron chi connectivity index (χ1n) is 11.6. The maximum Gasteiger partial charge on any atom is 0.317 e. The highest BCUT2D eigenvalue weighted by atomic mass is 16.5. The lowest BCUT2D eigenvalue weighted by Gasteiger charge is -2.11. The van der Waals surface area contributed by atoms with Crippen LogP contribution < -0.4 is 15.4 Å². The molecule has 0 saturated heterocycles. The molecule has 0 spiro atoms. The third-order valence-corrected chi connectivity index (χ3v) is 5.28. The zero-order valence-electron chi connectivity index (χ0n) is 19.1. The van der Waals surface area contributed by atoms with Gasteiger partial charge in [0, 0.05) is 30.1 Å². The van der Waals surface area contributed by atoms with Gasteiger partial charge in [0.2, 0.25) is 0 Å². The Morgan fingerprint density at radius 2 is 1.82 bits per heavy atom. The van der Waals surface area contributed by atoms with Crippen molar-refractivity contribution in [3.63, 3.8) is 0 Å². The van der Waals surface area contributed by atoms with Crippen LogP contribution in [0.5, 0.6) is 6.01 Å². The average Bonchev–Trinajstić information content (AvgIpc) is 3.36. The van der Waals surface area contributed by atoms with E-state index in [1.165, 1.54) is 5.56 Å². The number of guanidine groups is 1. The van der Waals surface area contributed by atoms with Gasteiger partial charge in [-0.25, -0.2) is 4.98 Å². The SMILES string of the molecule is CCOCCOc1nc(CCCc2ccccc2)cc(-c2ccc(NC3=NCCN3)cc2)n1. The van der Waals surface area contributed by atoms with Crippen LogP contribution >= 0.6 is 0 Å². The van der Waals surface area contributed by atoms with E-state index in [2.05, 4.69) is 68.1 Å². The van der Waals surface area contributed by atoms with Gasteiger partial charge in [0.1, 0.15) is 6.61 Å². The minimum Gasteiger partial charge on any atom is -0.461 e. The van der Waals surface area contributed by atoms with E-state index in [1.807, 2.05) is 25.1 Å². The lowest BCUT2D eigenvalue weighted by atomic mass is 10.1. The minimum absolute atomic E-state index is 0.397. The van der Waals surface area contributed by atoms with E-state index in [-0.39, 0.29) is 0 Å². The Labute approximate surface area is 195 Å². The molecule has 4 rings (SSSR count). The molecule has 2 N–H and O–H groups in total. The zero-order valence-corrected chi connectivity index (χ0v) is 19.1. The van der Waals surface area contributed by atoms with Crippen LogP contribution in [0.1, 0.15) is 24.6 Å². The summed E-state index contributed by atoms with van der Waals surface area (Å²) < 4.78 is 11.2. The van der Waals surface area contributed by atoms with Crippen LogP contribution in [-0.4, -0.2) is 48.8 Å². The van der Waals surface area contributed by atoms with Crippen molar-refractivity contribution in [1.82, 2.24) is 15.3 Å². The van der Waals surface area contributed by atoms with Crippen LogP contribution in [-0.2, 0) is 17.6 Å². The topological polar surface area (TPSA) is 80.7 Å². The second-order valence-corrected chi connectivity index (χ2v) is 7.77. The fourth-order valence-electron chi connectivity index (χ4n) is 3.61. The number of aromatic nitrogens is 2. The molecule has 0 saturated carbocycles. The van der Waals surface area contributed by atoms with Crippen molar-refractivity contribution in [3.05, 3.63) is 71.9 Å². The second-order valence-electron chi connectivity index (χ2n) is 7.77. The van der Waals surface area contributed by atoms with E-state index in [4.69, 9.17) is 9.47 Å². The highest BCUT2D eigenvalue weighted by Crippen LogP contribution is 2.23. The van der Waals surface area contributed by atoms with Gasteiger partial charge in [0.15, 0.2) is 5.96 Å². The van der Waals surface area contributed by atoms with Gasteiger partial charge in [-0.2, -0.15) is 4.98 Å². The van der Waals surface area contributed by atoms with Gasteiger partial charge in [-0.15, -0.1) is 0 Å². The molecular weight excluding hydrogens is 414 g/mol. The lowest BCUT2D eigenvalue weighted by molar-refractivity contribution is 0.106.